The highest BCUT2D eigenvalue weighted by molar-refractivity contribution is 6.32. The van der Waals surface area contributed by atoms with Crippen molar-refractivity contribution in [1.29, 1.82) is 0 Å². The second kappa shape index (κ2) is 6.92. The van der Waals surface area contributed by atoms with Gasteiger partial charge in [0.2, 0.25) is 5.95 Å². The molecule has 0 radical (unpaired) electrons. The van der Waals surface area contributed by atoms with Gasteiger partial charge in [0.1, 0.15) is 16.6 Å². The molecular weight excluding hydrogens is 330 g/mol. The Balaban J connectivity index is 1.84. The number of methoxy groups -OCH3 is 1. The molecule has 0 bridgehead atoms. The van der Waals surface area contributed by atoms with E-state index >= 15 is 0 Å². The van der Waals surface area contributed by atoms with Crippen LogP contribution in [0.4, 0.5) is 17.5 Å². The fourth-order valence-electron chi connectivity index (χ4n) is 2.35. The van der Waals surface area contributed by atoms with E-state index in [1.165, 1.54) is 6.20 Å². The smallest absolute Gasteiger partial charge is 0.253 e. The Hall–Kier alpha value is -2.54. The maximum absolute atomic E-state index is 12.3. The third-order valence-electron chi connectivity index (χ3n) is 3.82. The van der Waals surface area contributed by atoms with Crippen molar-refractivity contribution < 1.29 is 9.53 Å². The summed E-state index contributed by atoms with van der Waals surface area (Å²) in [6.45, 7) is 1.62. The zero-order valence-corrected chi connectivity index (χ0v) is 14.2. The first-order valence-corrected chi connectivity index (χ1v) is 7.95. The molecule has 126 valence electrons. The minimum Gasteiger partial charge on any atom is -0.495 e. The molecule has 1 aromatic carbocycles. The van der Waals surface area contributed by atoms with Gasteiger partial charge in [-0.25, -0.2) is 4.98 Å². The standard InChI is InChI=1S/C16H18ClN5O2/c1-18-14-11(17)9-19-16(21-14)20-12-5-4-10(8-13(12)24-2)15(23)22-6-3-7-22/h4-5,8-9H,3,6-7H2,1-2H3,(H2,18,19,20,21). The number of nitrogens with one attached hydrogen (secondary N) is 2. The molecule has 7 nitrogen and oxygen atoms in total. The maximum atomic E-state index is 12.3. The first-order chi connectivity index (χ1) is 11.6. The summed E-state index contributed by atoms with van der Waals surface area (Å²) < 4.78 is 5.39. The van der Waals surface area contributed by atoms with Crippen LogP contribution in [0.2, 0.25) is 5.02 Å². The van der Waals surface area contributed by atoms with Crippen molar-refractivity contribution in [3.8, 4) is 5.75 Å². The maximum Gasteiger partial charge on any atom is 0.253 e. The van der Waals surface area contributed by atoms with Crippen LogP contribution >= 0.6 is 11.6 Å². The third kappa shape index (κ3) is 3.21. The Morgan fingerprint density at radius 3 is 2.79 bits per heavy atom. The van der Waals surface area contributed by atoms with Gasteiger partial charge in [0.25, 0.3) is 5.91 Å². The number of carbonyl (C=O) groups is 1. The Morgan fingerprint density at radius 2 is 2.17 bits per heavy atom. The van der Waals surface area contributed by atoms with E-state index in [0.29, 0.717) is 33.8 Å². The number of rotatable bonds is 5. The summed E-state index contributed by atoms with van der Waals surface area (Å²) >= 11 is 5.98. The van der Waals surface area contributed by atoms with E-state index in [4.69, 9.17) is 16.3 Å². The van der Waals surface area contributed by atoms with Crippen LogP contribution in [0.15, 0.2) is 24.4 Å². The number of benzene rings is 1. The molecule has 1 saturated heterocycles. The summed E-state index contributed by atoms with van der Waals surface area (Å²) in [5.74, 6) is 1.47. The van der Waals surface area contributed by atoms with Gasteiger partial charge in [-0.2, -0.15) is 4.98 Å². The van der Waals surface area contributed by atoms with Gasteiger partial charge in [0.15, 0.2) is 0 Å². The topological polar surface area (TPSA) is 79.4 Å². The molecule has 2 aromatic rings. The second-order valence-electron chi connectivity index (χ2n) is 5.33. The van der Waals surface area contributed by atoms with Crippen molar-refractivity contribution in [3.05, 3.63) is 35.0 Å². The largest absolute Gasteiger partial charge is 0.495 e. The van der Waals surface area contributed by atoms with Crippen LogP contribution in [-0.4, -0.2) is 48.0 Å². The molecule has 1 amide bonds. The molecule has 2 heterocycles. The molecule has 1 fully saturated rings. The molecule has 1 aliphatic rings. The molecule has 2 N–H and O–H groups in total. The number of likely N-dealkylation sites (tertiary alicyclic amines) is 1. The lowest BCUT2D eigenvalue weighted by Gasteiger charge is -2.31. The SMILES string of the molecule is CNc1nc(Nc2ccc(C(=O)N3CCC3)cc2OC)ncc1Cl. The van der Waals surface area contributed by atoms with E-state index in [1.54, 1.807) is 32.4 Å². The molecule has 0 spiro atoms. The summed E-state index contributed by atoms with van der Waals surface area (Å²) in [6, 6.07) is 5.27. The quantitative estimate of drug-likeness (QED) is 0.865. The molecule has 1 aromatic heterocycles. The number of nitrogens with zero attached hydrogens (tertiary/aromatic N) is 3. The first kappa shape index (κ1) is 16.3. The minimum atomic E-state index is 0.0197. The number of carbonyl (C=O) groups excluding carboxylic acids is 1. The highest BCUT2D eigenvalue weighted by Gasteiger charge is 2.22. The van der Waals surface area contributed by atoms with E-state index < -0.39 is 0 Å². The molecule has 0 atom stereocenters. The van der Waals surface area contributed by atoms with Crippen LogP contribution in [-0.2, 0) is 0 Å². The number of halogens is 1. The molecule has 0 aliphatic carbocycles. The molecule has 8 heteroatoms. The predicted octanol–water partition coefficient (Wildman–Crippen LogP) is 2.77. The fourth-order valence-corrected chi connectivity index (χ4v) is 2.54. The van der Waals surface area contributed by atoms with E-state index in [1.807, 2.05) is 4.90 Å². The summed E-state index contributed by atoms with van der Waals surface area (Å²) in [4.78, 5) is 22.5. The molecule has 3 rings (SSSR count). The Labute approximate surface area is 145 Å². The lowest BCUT2D eigenvalue weighted by molar-refractivity contribution is 0.0651. The minimum absolute atomic E-state index is 0.0197. The molecule has 0 saturated carbocycles. The molecule has 1 aliphatic heterocycles. The van der Waals surface area contributed by atoms with E-state index in [2.05, 4.69) is 20.6 Å². The van der Waals surface area contributed by atoms with Crippen molar-refractivity contribution in [3.63, 3.8) is 0 Å². The van der Waals surface area contributed by atoms with Crippen molar-refractivity contribution in [2.45, 2.75) is 6.42 Å². The summed E-state index contributed by atoms with van der Waals surface area (Å²) in [7, 11) is 3.29. The number of aromatic nitrogens is 2. The van der Waals surface area contributed by atoms with Gasteiger partial charge in [0.05, 0.1) is 19.0 Å². The zero-order chi connectivity index (χ0) is 17.1. The van der Waals surface area contributed by atoms with Gasteiger partial charge in [-0.05, 0) is 24.6 Å². The van der Waals surface area contributed by atoms with E-state index in [-0.39, 0.29) is 5.91 Å². The van der Waals surface area contributed by atoms with Gasteiger partial charge < -0.3 is 20.3 Å². The number of hydrogen-bond donors (Lipinski definition) is 2. The normalized spacial score (nSPS) is 13.2. The van der Waals surface area contributed by atoms with Crippen molar-refractivity contribution >= 4 is 35.0 Å². The average molecular weight is 348 g/mol. The Morgan fingerprint density at radius 1 is 1.38 bits per heavy atom. The van der Waals surface area contributed by atoms with E-state index in [0.717, 1.165) is 19.5 Å². The number of amides is 1. The highest BCUT2D eigenvalue weighted by Crippen LogP contribution is 2.29. The molecule has 24 heavy (non-hydrogen) atoms. The fraction of sp³-hybridized carbons (Fsp3) is 0.312. The van der Waals surface area contributed by atoms with Crippen molar-refractivity contribution in [2.24, 2.45) is 0 Å². The van der Waals surface area contributed by atoms with Crippen LogP contribution in [0.25, 0.3) is 0 Å². The number of ether oxygens (including phenoxy) is 1. The second-order valence-corrected chi connectivity index (χ2v) is 5.73. The summed E-state index contributed by atoms with van der Waals surface area (Å²) in [5, 5.41) is 6.41. The summed E-state index contributed by atoms with van der Waals surface area (Å²) in [5.41, 5.74) is 1.27. The van der Waals surface area contributed by atoms with Crippen LogP contribution in [0, 0.1) is 0 Å². The average Bonchev–Trinajstić information content (AvgIpc) is 2.55. The van der Waals surface area contributed by atoms with Gasteiger partial charge in [-0.15, -0.1) is 0 Å². The monoisotopic (exact) mass is 347 g/mol. The number of anilines is 3. The lowest BCUT2D eigenvalue weighted by Crippen LogP contribution is -2.42. The predicted molar refractivity (Wildman–Crippen MR) is 93.4 cm³/mol. The van der Waals surface area contributed by atoms with Crippen LogP contribution in [0.5, 0.6) is 5.75 Å². The van der Waals surface area contributed by atoms with E-state index in [9.17, 15) is 4.79 Å². The van der Waals surface area contributed by atoms with Crippen LogP contribution < -0.4 is 15.4 Å². The Bertz CT molecular complexity index is 764. The molecule has 0 unspecified atom stereocenters. The zero-order valence-electron chi connectivity index (χ0n) is 13.5. The highest BCUT2D eigenvalue weighted by atomic mass is 35.5. The van der Waals surface area contributed by atoms with Gasteiger partial charge in [-0.1, -0.05) is 11.6 Å². The van der Waals surface area contributed by atoms with Gasteiger partial charge in [0, 0.05) is 25.7 Å². The van der Waals surface area contributed by atoms with Crippen molar-refractivity contribution in [2.75, 3.05) is 37.9 Å². The third-order valence-corrected chi connectivity index (χ3v) is 4.10. The first-order valence-electron chi connectivity index (χ1n) is 7.57. The van der Waals surface area contributed by atoms with Crippen LogP contribution in [0.3, 0.4) is 0 Å². The van der Waals surface area contributed by atoms with Gasteiger partial charge >= 0.3 is 0 Å². The number of hydrogen-bond acceptors (Lipinski definition) is 6. The Kier molecular flexibility index (Phi) is 4.71. The summed E-state index contributed by atoms with van der Waals surface area (Å²) in [6.07, 6.45) is 2.57. The van der Waals surface area contributed by atoms with Crippen LogP contribution in [0.1, 0.15) is 16.8 Å². The lowest BCUT2D eigenvalue weighted by atomic mass is 10.1. The van der Waals surface area contributed by atoms with Crippen molar-refractivity contribution in [1.82, 2.24) is 14.9 Å². The molecular formula is C16H18ClN5O2. The van der Waals surface area contributed by atoms with Gasteiger partial charge in [-0.3, -0.25) is 4.79 Å².